The summed E-state index contributed by atoms with van der Waals surface area (Å²) < 4.78 is 12.8. The van der Waals surface area contributed by atoms with Crippen molar-refractivity contribution in [3.05, 3.63) is 34.5 Å². The van der Waals surface area contributed by atoms with Gasteiger partial charge in [0.15, 0.2) is 11.5 Å². The molecule has 7 nitrogen and oxygen atoms in total. The molecule has 3 heterocycles. The molecule has 1 aromatic carbocycles. The normalized spacial score (nSPS) is 20.6. The fraction of sp³-hybridized carbons (Fsp3) is 0.500. The van der Waals surface area contributed by atoms with E-state index in [2.05, 4.69) is 22.4 Å². The number of ether oxygens (including phenoxy) is 2. The van der Waals surface area contributed by atoms with Gasteiger partial charge in [0, 0.05) is 17.9 Å². The zero-order valence-electron chi connectivity index (χ0n) is 16.4. The number of piperidine rings is 1. The van der Waals surface area contributed by atoms with E-state index >= 15 is 0 Å². The van der Waals surface area contributed by atoms with Crippen molar-refractivity contribution in [2.45, 2.75) is 31.2 Å². The number of benzene rings is 1. The Morgan fingerprint density at radius 1 is 1.18 bits per heavy atom. The van der Waals surface area contributed by atoms with Gasteiger partial charge in [0.05, 0.1) is 31.5 Å². The second-order valence-electron chi connectivity index (χ2n) is 7.44. The fourth-order valence-corrected chi connectivity index (χ4v) is 4.57. The van der Waals surface area contributed by atoms with Crippen molar-refractivity contribution < 1.29 is 14.3 Å². The maximum Gasteiger partial charge on any atom is 0.226 e. The lowest BCUT2D eigenvalue weighted by Crippen LogP contribution is -2.33. The first kappa shape index (κ1) is 19.1. The van der Waals surface area contributed by atoms with Crippen molar-refractivity contribution in [2.24, 2.45) is 0 Å². The van der Waals surface area contributed by atoms with E-state index in [1.807, 2.05) is 23.0 Å². The highest BCUT2D eigenvalue weighted by molar-refractivity contribution is 6.33. The van der Waals surface area contributed by atoms with Gasteiger partial charge in [-0.05, 0) is 44.6 Å². The zero-order valence-corrected chi connectivity index (χ0v) is 17.1. The molecule has 1 saturated heterocycles. The molecule has 0 radical (unpaired) electrons. The van der Waals surface area contributed by atoms with Crippen LogP contribution in [0.4, 0.5) is 5.82 Å². The van der Waals surface area contributed by atoms with Crippen LogP contribution < -0.4 is 14.8 Å². The first-order chi connectivity index (χ1) is 13.5. The SMILES string of the molecule is COc1ccc([C@H]2CC(=O)Nc3c2cnn3C2CCN(C)CC2)c(Cl)c1OC. The van der Waals surface area contributed by atoms with Crippen molar-refractivity contribution in [3.8, 4) is 11.5 Å². The highest BCUT2D eigenvalue weighted by Crippen LogP contribution is 2.46. The summed E-state index contributed by atoms with van der Waals surface area (Å²) in [7, 11) is 5.27. The Labute approximate surface area is 169 Å². The van der Waals surface area contributed by atoms with Crippen molar-refractivity contribution in [2.75, 3.05) is 39.7 Å². The Morgan fingerprint density at radius 3 is 2.61 bits per heavy atom. The van der Waals surface area contributed by atoms with Crippen LogP contribution in [-0.2, 0) is 4.79 Å². The second-order valence-corrected chi connectivity index (χ2v) is 7.81. The monoisotopic (exact) mass is 404 g/mol. The molecule has 150 valence electrons. The summed E-state index contributed by atoms with van der Waals surface area (Å²) in [6.45, 7) is 2.05. The number of likely N-dealkylation sites (tertiary alicyclic amines) is 1. The Hall–Kier alpha value is -2.25. The number of hydrogen-bond donors (Lipinski definition) is 1. The first-order valence-electron chi connectivity index (χ1n) is 9.49. The van der Waals surface area contributed by atoms with Gasteiger partial charge in [-0.2, -0.15) is 5.10 Å². The molecule has 4 rings (SSSR count). The van der Waals surface area contributed by atoms with Gasteiger partial charge >= 0.3 is 0 Å². The molecule has 2 aliphatic heterocycles. The van der Waals surface area contributed by atoms with Crippen molar-refractivity contribution in [3.63, 3.8) is 0 Å². The van der Waals surface area contributed by atoms with Gasteiger partial charge in [0.2, 0.25) is 5.91 Å². The Balaban J connectivity index is 1.73. The van der Waals surface area contributed by atoms with E-state index in [-0.39, 0.29) is 11.8 Å². The number of carbonyl (C=O) groups is 1. The van der Waals surface area contributed by atoms with Crippen molar-refractivity contribution >= 4 is 23.3 Å². The van der Waals surface area contributed by atoms with Gasteiger partial charge < -0.3 is 19.7 Å². The summed E-state index contributed by atoms with van der Waals surface area (Å²) in [4.78, 5) is 14.8. The average Bonchev–Trinajstić information content (AvgIpc) is 3.11. The largest absolute Gasteiger partial charge is 0.493 e. The summed E-state index contributed by atoms with van der Waals surface area (Å²) in [5, 5.41) is 8.16. The van der Waals surface area contributed by atoms with Gasteiger partial charge in [0.25, 0.3) is 0 Å². The molecule has 8 heteroatoms. The molecular formula is C20H25ClN4O3. The number of aromatic nitrogens is 2. The molecule has 28 heavy (non-hydrogen) atoms. The third-order valence-electron chi connectivity index (χ3n) is 5.77. The lowest BCUT2D eigenvalue weighted by Gasteiger charge is -2.31. The first-order valence-corrected chi connectivity index (χ1v) is 9.87. The molecule has 1 N–H and O–H groups in total. The molecular weight excluding hydrogens is 380 g/mol. The van der Waals surface area contributed by atoms with Gasteiger partial charge in [0.1, 0.15) is 5.82 Å². The third kappa shape index (κ3) is 3.22. The highest BCUT2D eigenvalue weighted by Gasteiger charge is 2.34. The maximum absolute atomic E-state index is 12.5. The molecule has 0 spiro atoms. The number of methoxy groups -OCH3 is 2. The molecule has 0 aliphatic carbocycles. The standard InChI is InChI=1S/C20H25ClN4O3/c1-24-8-6-12(7-9-24)25-20-15(11-22-25)14(10-17(26)23-20)13-4-5-16(27-2)19(28-3)18(13)21/h4-5,11-12,14H,6-10H2,1-3H3,(H,23,26)/t14-/m1/s1. The second kappa shape index (κ2) is 7.64. The Morgan fingerprint density at radius 2 is 1.93 bits per heavy atom. The minimum absolute atomic E-state index is 0.0296. The predicted octanol–water partition coefficient (Wildman–Crippen LogP) is 3.29. The summed E-state index contributed by atoms with van der Waals surface area (Å²) in [6, 6.07) is 4.02. The van der Waals surface area contributed by atoms with Crippen LogP contribution in [0.3, 0.4) is 0 Å². The van der Waals surface area contributed by atoms with Gasteiger partial charge in [-0.1, -0.05) is 17.7 Å². The van der Waals surface area contributed by atoms with Crippen LogP contribution >= 0.6 is 11.6 Å². The zero-order chi connectivity index (χ0) is 19.8. The maximum atomic E-state index is 12.5. The van der Waals surface area contributed by atoms with Crippen LogP contribution in [0.5, 0.6) is 11.5 Å². The number of halogens is 1. The minimum Gasteiger partial charge on any atom is -0.493 e. The van der Waals surface area contributed by atoms with E-state index in [9.17, 15) is 4.79 Å². The topological polar surface area (TPSA) is 68.6 Å². The van der Waals surface area contributed by atoms with E-state index in [1.165, 1.54) is 0 Å². The number of amides is 1. The number of nitrogens with one attached hydrogen (secondary N) is 1. The summed E-state index contributed by atoms with van der Waals surface area (Å²) in [6.07, 6.45) is 4.22. The number of nitrogens with zero attached hydrogens (tertiary/aromatic N) is 3. The van der Waals surface area contributed by atoms with E-state index in [0.717, 1.165) is 42.9 Å². The van der Waals surface area contributed by atoms with E-state index in [4.69, 9.17) is 21.1 Å². The third-order valence-corrected chi connectivity index (χ3v) is 6.16. The fourth-order valence-electron chi connectivity index (χ4n) is 4.21. The lowest BCUT2D eigenvalue weighted by molar-refractivity contribution is -0.116. The van der Waals surface area contributed by atoms with Crippen molar-refractivity contribution in [1.82, 2.24) is 14.7 Å². The summed E-state index contributed by atoms with van der Waals surface area (Å²) in [5.41, 5.74) is 1.84. The number of hydrogen-bond acceptors (Lipinski definition) is 5. The number of fused-ring (bicyclic) bond motifs is 1. The van der Waals surface area contributed by atoms with E-state index in [0.29, 0.717) is 29.0 Å². The van der Waals surface area contributed by atoms with E-state index in [1.54, 1.807) is 14.2 Å². The molecule has 0 saturated carbocycles. The Bertz CT molecular complexity index is 890. The number of anilines is 1. The van der Waals surface area contributed by atoms with E-state index < -0.39 is 0 Å². The van der Waals surface area contributed by atoms with Gasteiger partial charge in [-0.3, -0.25) is 4.79 Å². The number of carbonyl (C=O) groups excluding carboxylic acids is 1. The van der Waals surface area contributed by atoms with Crippen molar-refractivity contribution in [1.29, 1.82) is 0 Å². The smallest absolute Gasteiger partial charge is 0.226 e. The molecule has 0 bridgehead atoms. The van der Waals surface area contributed by atoms with Crippen LogP contribution in [0.25, 0.3) is 0 Å². The molecule has 1 amide bonds. The molecule has 1 fully saturated rings. The van der Waals surface area contributed by atoms with Crippen LogP contribution in [0, 0.1) is 0 Å². The quantitative estimate of drug-likeness (QED) is 0.846. The van der Waals surface area contributed by atoms with Crippen LogP contribution in [0.1, 0.15) is 42.3 Å². The van der Waals surface area contributed by atoms with Crippen LogP contribution in [0.2, 0.25) is 5.02 Å². The van der Waals surface area contributed by atoms with Gasteiger partial charge in [-0.15, -0.1) is 0 Å². The molecule has 1 aromatic heterocycles. The van der Waals surface area contributed by atoms with Crippen LogP contribution in [-0.4, -0.2) is 54.9 Å². The highest BCUT2D eigenvalue weighted by atomic mass is 35.5. The Kier molecular flexibility index (Phi) is 5.21. The number of rotatable bonds is 4. The van der Waals surface area contributed by atoms with Gasteiger partial charge in [-0.25, -0.2) is 4.68 Å². The minimum atomic E-state index is -0.170. The lowest BCUT2D eigenvalue weighted by atomic mass is 9.87. The average molecular weight is 405 g/mol. The molecule has 0 unspecified atom stereocenters. The summed E-state index contributed by atoms with van der Waals surface area (Å²) >= 11 is 6.64. The summed E-state index contributed by atoms with van der Waals surface area (Å²) in [5.74, 6) is 1.64. The molecule has 1 atom stereocenters. The predicted molar refractivity (Wildman–Crippen MR) is 108 cm³/mol. The van der Waals surface area contributed by atoms with Crippen LogP contribution in [0.15, 0.2) is 18.3 Å². The molecule has 2 aromatic rings. The molecule has 2 aliphatic rings.